The third kappa shape index (κ3) is 3.27. The maximum atomic E-state index is 11.2. The van der Waals surface area contributed by atoms with Crippen LogP contribution < -0.4 is 10.6 Å². The van der Waals surface area contributed by atoms with Crippen molar-refractivity contribution >= 4 is 5.91 Å². The molecule has 0 aromatic heterocycles. The number of hydrogen-bond donors (Lipinski definition) is 2. The van der Waals surface area contributed by atoms with Gasteiger partial charge in [0.05, 0.1) is 6.10 Å². The standard InChI is InChI=1S/C10H20N2O2/c1-7-4-5-9(6-12-7)14-8(2)10(13)11-3/h7-9,12H,4-6H2,1-3H3,(H,11,13). The number of piperidine rings is 1. The Balaban J connectivity index is 2.27. The third-order valence-corrected chi connectivity index (χ3v) is 2.63. The van der Waals surface area contributed by atoms with Crippen LogP contribution in [0.2, 0.25) is 0 Å². The van der Waals surface area contributed by atoms with Gasteiger partial charge in [-0.15, -0.1) is 0 Å². The van der Waals surface area contributed by atoms with Crippen molar-refractivity contribution in [2.45, 2.75) is 44.9 Å². The normalized spacial score (nSPS) is 29.6. The highest BCUT2D eigenvalue weighted by Crippen LogP contribution is 2.12. The number of likely N-dealkylation sites (N-methyl/N-ethyl adjacent to an activating group) is 1. The molecule has 4 nitrogen and oxygen atoms in total. The molecule has 82 valence electrons. The number of hydrogen-bond acceptors (Lipinski definition) is 3. The molecule has 1 aliphatic heterocycles. The third-order valence-electron chi connectivity index (χ3n) is 2.63. The van der Waals surface area contributed by atoms with E-state index in [0.717, 1.165) is 19.4 Å². The number of nitrogens with one attached hydrogen (secondary N) is 2. The van der Waals surface area contributed by atoms with Gasteiger partial charge < -0.3 is 15.4 Å². The van der Waals surface area contributed by atoms with Gasteiger partial charge in [0, 0.05) is 19.6 Å². The van der Waals surface area contributed by atoms with E-state index in [1.54, 1.807) is 14.0 Å². The van der Waals surface area contributed by atoms with E-state index < -0.39 is 0 Å². The van der Waals surface area contributed by atoms with Crippen LogP contribution in [0.25, 0.3) is 0 Å². The molecule has 14 heavy (non-hydrogen) atoms. The molecule has 1 heterocycles. The summed E-state index contributed by atoms with van der Waals surface area (Å²) in [6, 6.07) is 0.574. The minimum Gasteiger partial charge on any atom is -0.364 e. The Morgan fingerprint density at radius 2 is 2.29 bits per heavy atom. The van der Waals surface area contributed by atoms with E-state index in [1.165, 1.54) is 0 Å². The quantitative estimate of drug-likeness (QED) is 0.688. The van der Waals surface area contributed by atoms with Crippen molar-refractivity contribution in [3.8, 4) is 0 Å². The summed E-state index contributed by atoms with van der Waals surface area (Å²) < 4.78 is 5.62. The van der Waals surface area contributed by atoms with E-state index in [4.69, 9.17) is 4.74 Å². The first-order valence-corrected chi connectivity index (χ1v) is 5.24. The Kier molecular flexibility index (Phi) is 4.35. The van der Waals surface area contributed by atoms with Gasteiger partial charge in [-0.05, 0) is 26.7 Å². The van der Waals surface area contributed by atoms with Crippen LogP contribution in [0.4, 0.5) is 0 Å². The number of amides is 1. The van der Waals surface area contributed by atoms with Gasteiger partial charge in [0.1, 0.15) is 6.10 Å². The Bertz CT molecular complexity index is 189. The first-order chi connectivity index (χ1) is 6.63. The van der Waals surface area contributed by atoms with Crippen molar-refractivity contribution in [2.75, 3.05) is 13.6 Å². The van der Waals surface area contributed by atoms with Gasteiger partial charge in [0.25, 0.3) is 0 Å². The van der Waals surface area contributed by atoms with Crippen LogP contribution in [-0.2, 0) is 9.53 Å². The number of rotatable bonds is 3. The molecule has 1 amide bonds. The smallest absolute Gasteiger partial charge is 0.248 e. The van der Waals surface area contributed by atoms with Crippen molar-refractivity contribution in [3.05, 3.63) is 0 Å². The van der Waals surface area contributed by atoms with Crippen LogP contribution in [0, 0.1) is 0 Å². The monoisotopic (exact) mass is 200 g/mol. The highest BCUT2D eigenvalue weighted by Gasteiger charge is 2.22. The van der Waals surface area contributed by atoms with Crippen LogP contribution in [0.1, 0.15) is 26.7 Å². The van der Waals surface area contributed by atoms with Crippen molar-refractivity contribution in [3.63, 3.8) is 0 Å². The van der Waals surface area contributed by atoms with Crippen LogP contribution >= 0.6 is 0 Å². The molecule has 0 saturated carbocycles. The second kappa shape index (κ2) is 5.32. The first kappa shape index (κ1) is 11.5. The zero-order valence-corrected chi connectivity index (χ0v) is 9.17. The van der Waals surface area contributed by atoms with E-state index in [0.29, 0.717) is 6.04 Å². The van der Waals surface area contributed by atoms with E-state index in [-0.39, 0.29) is 18.1 Å². The predicted octanol–water partition coefficient (Wildman–Crippen LogP) is 0.278. The molecule has 0 aliphatic carbocycles. The summed E-state index contributed by atoms with van der Waals surface area (Å²) in [7, 11) is 1.63. The Hall–Kier alpha value is -0.610. The van der Waals surface area contributed by atoms with Crippen molar-refractivity contribution in [1.29, 1.82) is 0 Å². The second-order valence-electron chi connectivity index (χ2n) is 3.90. The Morgan fingerprint density at radius 1 is 1.57 bits per heavy atom. The van der Waals surface area contributed by atoms with Gasteiger partial charge >= 0.3 is 0 Å². The number of ether oxygens (including phenoxy) is 1. The lowest BCUT2D eigenvalue weighted by molar-refractivity contribution is -0.135. The molecule has 1 fully saturated rings. The molecule has 0 radical (unpaired) electrons. The lowest BCUT2D eigenvalue weighted by atomic mass is 10.0. The molecule has 3 unspecified atom stereocenters. The largest absolute Gasteiger partial charge is 0.364 e. The Morgan fingerprint density at radius 3 is 2.79 bits per heavy atom. The lowest BCUT2D eigenvalue weighted by Crippen LogP contribution is -2.44. The zero-order valence-electron chi connectivity index (χ0n) is 9.17. The fourth-order valence-electron chi connectivity index (χ4n) is 1.64. The second-order valence-corrected chi connectivity index (χ2v) is 3.90. The van der Waals surface area contributed by atoms with Crippen molar-refractivity contribution in [1.82, 2.24) is 10.6 Å². The van der Waals surface area contributed by atoms with Gasteiger partial charge in [-0.1, -0.05) is 0 Å². The number of carbonyl (C=O) groups is 1. The summed E-state index contributed by atoms with van der Waals surface area (Å²) in [5, 5.41) is 5.92. The van der Waals surface area contributed by atoms with Crippen LogP contribution in [0.5, 0.6) is 0 Å². The molecule has 4 heteroatoms. The topological polar surface area (TPSA) is 50.4 Å². The first-order valence-electron chi connectivity index (χ1n) is 5.24. The predicted molar refractivity (Wildman–Crippen MR) is 55.1 cm³/mol. The SMILES string of the molecule is CNC(=O)C(C)OC1CCC(C)NC1. The molecule has 0 aromatic rings. The summed E-state index contributed by atoms with van der Waals surface area (Å²) in [6.45, 7) is 4.80. The fourth-order valence-corrected chi connectivity index (χ4v) is 1.64. The van der Waals surface area contributed by atoms with E-state index in [1.807, 2.05) is 0 Å². The minimum atomic E-state index is -0.347. The van der Waals surface area contributed by atoms with E-state index >= 15 is 0 Å². The van der Waals surface area contributed by atoms with Crippen LogP contribution in [-0.4, -0.2) is 37.7 Å². The minimum absolute atomic E-state index is 0.0522. The fraction of sp³-hybridized carbons (Fsp3) is 0.900. The highest BCUT2D eigenvalue weighted by atomic mass is 16.5. The summed E-state index contributed by atoms with van der Waals surface area (Å²) in [4.78, 5) is 11.2. The number of carbonyl (C=O) groups excluding carboxylic acids is 1. The molecule has 3 atom stereocenters. The van der Waals surface area contributed by atoms with Gasteiger partial charge in [-0.25, -0.2) is 0 Å². The zero-order chi connectivity index (χ0) is 10.6. The van der Waals surface area contributed by atoms with Gasteiger partial charge in [0.15, 0.2) is 0 Å². The van der Waals surface area contributed by atoms with Gasteiger partial charge in [-0.2, -0.15) is 0 Å². The highest BCUT2D eigenvalue weighted by molar-refractivity contribution is 5.79. The van der Waals surface area contributed by atoms with Gasteiger partial charge in [0.2, 0.25) is 5.91 Å². The maximum Gasteiger partial charge on any atom is 0.248 e. The summed E-state index contributed by atoms with van der Waals surface area (Å²) in [5.41, 5.74) is 0. The molecule has 1 aliphatic rings. The average Bonchev–Trinajstić information content (AvgIpc) is 2.20. The van der Waals surface area contributed by atoms with Crippen molar-refractivity contribution in [2.24, 2.45) is 0 Å². The lowest BCUT2D eigenvalue weighted by Gasteiger charge is -2.29. The molecular formula is C10H20N2O2. The molecule has 1 rings (SSSR count). The molecule has 0 aromatic carbocycles. The summed E-state index contributed by atoms with van der Waals surface area (Å²) in [5.74, 6) is -0.0522. The Labute approximate surface area is 85.4 Å². The molecule has 0 bridgehead atoms. The van der Waals surface area contributed by atoms with Crippen LogP contribution in [0.15, 0.2) is 0 Å². The van der Waals surface area contributed by atoms with E-state index in [9.17, 15) is 4.79 Å². The maximum absolute atomic E-state index is 11.2. The molecule has 2 N–H and O–H groups in total. The summed E-state index contributed by atoms with van der Waals surface area (Å²) >= 11 is 0. The molecule has 0 spiro atoms. The average molecular weight is 200 g/mol. The molecule has 1 saturated heterocycles. The molecular weight excluding hydrogens is 180 g/mol. The van der Waals surface area contributed by atoms with Crippen LogP contribution in [0.3, 0.4) is 0 Å². The van der Waals surface area contributed by atoms with Gasteiger partial charge in [-0.3, -0.25) is 4.79 Å². The summed E-state index contributed by atoms with van der Waals surface area (Å²) in [6.07, 6.45) is 1.99. The van der Waals surface area contributed by atoms with E-state index in [2.05, 4.69) is 17.6 Å². The van der Waals surface area contributed by atoms with Crippen molar-refractivity contribution < 1.29 is 9.53 Å².